The van der Waals surface area contributed by atoms with Crippen LogP contribution in [0.4, 0.5) is 5.69 Å². The first-order chi connectivity index (χ1) is 10.9. The van der Waals surface area contributed by atoms with Gasteiger partial charge in [-0.15, -0.1) is 0 Å². The molecule has 0 N–H and O–H groups in total. The molecule has 6 nitrogen and oxygen atoms in total. The Morgan fingerprint density at radius 3 is 2.35 bits per heavy atom. The standard InChI is InChI=1S/C16H20N2O4S/c1-12-2-4-14(5-3-12)18-11-13(10-15(18)19)16(20)17-6-8-23(21,22)9-7-17/h2-5,13H,6-11H2,1H3. The third kappa shape index (κ3) is 3.39. The third-order valence-electron chi connectivity index (χ3n) is 4.48. The highest BCUT2D eigenvalue weighted by Crippen LogP contribution is 2.27. The van der Waals surface area contributed by atoms with Gasteiger partial charge in [0.2, 0.25) is 11.8 Å². The maximum Gasteiger partial charge on any atom is 0.228 e. The molecular weight excluding hydrogens is 316 g/mol. The van der Waals surface area contributed by atoms with Crippen LogP contribution in [0.2, 0.25) is 0 Å². The molecule has 3 rings (SSSR count). The number of carbonyl (C=O) groups excluding carboxylic acids is 2. The number of carbonyl (C=O) groups is 2. The van der Waals surface area contributed by atoms with Crippen molar-refractivity contribution >= 4 is 27.3 Å². The fourth-order valence-electron chi connectivity index (χ4n) is 3.04. The fraction of sp³-hybridized carbons (Fsp3) is 0.500. The van der Waals surface area contributed by atoms with Gasteiger partial charge in [-0.2, -0.15) is 0 Å². The van der Waals surface area contributed by atoms with Gasteiger partial charge in [0.25, 0.3) is 0 Å². The van der Waals surface area contributed by atoms with E-state index in [1.54, 1.807) is 9.80 Å². The zero-order valence-electron chi connectivity index (χ0n) is 13.1. The van der Waals surface area contributed by atoms with Gasteiger partial charge in [0, 0.05) is 31.7 Å². The van der Waals surface area contributed by atoms with Gasteiger partial charge in [-0.05, 0) is 19.1 Å². The number of hydrogen-bond donors (Lipinski definition) is 0. The maximum atomic E-state index is 12.5. The number of aryl methyl sites for hydroxylation is 1. The first-order valence-corrected chi connectivity index (χ1v) is 9.54. The van der Waals surface area contributed by atoms with E-state index < -0.39 is 9.84 Å². The summed E-state index contributed by atoms with van der Waals surface area (Å²) in [4.78, 5) is 28.0. The van der Waals surface area contributed by atoms with Crippen molar-refractivity contribution in [3.05, 3.63) is 29.8 Å². The van der Waals surface area contributed by atoms with Gasteiger partial charge < -0.3 is 9.80 Å². The van der Waals surface area contributed by atoms with Crippen LogP contribution in [0.1, 0.15) is 12.0 Å². The summed E-state index contributed by atoms with van der Waals surface area (Å²) in [7, 11) is -3.01. The van der Waals surface area contributed by atoms with E-state index in [2.05, 4.69) is 0 Å². The number of hydrogen-bond acceptors (Lipinski definition) is 4. The van der Waals surface area contributed by atoms with E-state index in [1.807, 2.05) is 31.2 Å². The van der Waals surface area contributed by atoms with Crippen LogP contribution < -0.4 is 4.90 Å². The minimum atomic E-state index is -3.01. The lowest BCUT2D eigenvalue weighted by Crippen LogP contribution is -2.46. The van der Waals surface area contributed by atoms with Gasteiger partial charge in [-0.1, -0.05) is 17.7 Å². The first-order valence-electron chi connectivity index (χ1n) is 7.72. The van der Waals surface area contributed by atoms with E-state index in [4.69, 9.17) is 0 Å². The molecule has 2 saturated heterocycles. The molecule has 0 saturated carbocycles. The van der Waals surface area contributed by atoms with Crippen molar-refractivity contribution in [1.29, 1.82) is 0 Å². The number of sulfone groups is 1. The monoisotopic (exact) mass is 336 g/mol. The van der Waals surface area contributed by atoms with Gasteiger partial charge in [0.1, 0.15) is 0 Å². The SMILES string of the molecule is Cc1ccc(N2CC(C(=O)N3CCS(=O)(=O)CC3)CC2=O)cc1. The van der Waals surface area contributed by atoms with E-state index in [-0.39, 0.29) is 48.7 Å². The fourth-order valence-corrected chi connectivity index (χ4v) is 4.24. The Labute approximate surface area is 136 Å². The number of anilines is 1. The van der Waals surface area contributed by atoms with E-state index in [1.165, 1.54) is 0 Å². The van der Waals surface area contributed by atoms with Crippen LogP contribution in [0.5, 0.6) is 0 Å². The van der Waals surface area contributed by atoms with Gasteiger partial charge in [-0.25, -0.2) is 8.42 Å². The van der Waals surface area contributed by atoms with Crippen molar-refractivity contribution in [2.75, 3.05) is 36.0 Å². The quantitative estimate of drug-likeness (QED) is 0.793. The molecule has 124 valence electrons. The van der Waals surface area contributed by atoms with Gasteiger partial charge in [0.15, 0.2) is 9.84 Å². The van der Waals surface area contributed by atoms with Crippen LogP contribution in [0, 0.1) is 12.8 Å². The minimum Gasteiger partial charge on any atom is -0.340 e. The lowest BCUT2D eigenvalue weighted by molar-refractivity contribution is -0.135. The molecule has 2 fully saturated rings. The maximum absolute atomic E-state index is 12.5. The van der Waals surface area contributed by atoms with Gasteiger partial charge >= 0.3 is 0 Å². The Hall–Kier alpha value is -1.89. The number of rotatable bonds is 2. The molecule has 0 aliphatic carbocycles. The zero-order valence-corrected chi connectivity index (χ0v) is 13.9. The minimum absolute atomic E-state index is 0.0150. The molecule has 2 amide bonds. The summed E-state index contributed by atoms with van der Waals surface area (Å²) in [6.07, 6.45) is 0.190. The molecular formula is C16H20N2O4S. The molecule has 2 aliphatic rings. The number of amides is 2. The van der Waals surface area contributed by atoms with E-state index in [0.29, 0.717) is 6.54 Å². The molecule has 1 aromatic rings. The molecule has 2 heterocycles. The van der Waals surface area contributed by atoms with Crippen LogP contribution in [-0.4, -0.2) is 56.3 Å². The summed E-state index contributed by atoms with van der Waals surface area (Å²) >= 11 is 0. The average molecular weight is 336 g/mol. The molecule has 7 heteroatoms. The molecule has 23 heavy (non-hydrogen) atoms. The van der Waals surface area contributed by atoms with Crippen LogP contribution >= 0.6 is 0 Å². The molecule has 0 radical (unpaired) electrons. The summed E-state index contributed by atoms with van der Waals surface area (Å²) in [5.41, 5.74) is 1.92. The van der Waals surface area contributed by atoms with E-state index in [9.17, 15) is 18.0 Å². The molecule has 1 atom stereocenters. The highest BCUT2D eigenvalue weighted by molar-refractivity contribution is 7.91. The highest BCUT2D eigenvalue weighted by Gasteiger charge is 2.38. The van der Waals surface area contributed by atoms with E-state index in [0.717, 1.165) is 11.3 Å². The van der Waals surface area contributed by atoms with E-state index >= 15 is 0 Å². The van der Waals surface area contributed by atoms with Crippen LogP contribution in [0.25, 0.3) is 0 Å². The lowest BCUT2D eigenvalue weighted by atomic mass is 10.1. The molecule has 0 spiro atoms. The Kier molecular flexibility index (Phi) is 4.14. The normalized spacial score (nSPS) is 24.0. The molecule has 0 bridgehead atoms. The lowest BCUT2D eigenvalue weighted by Gasteiger charge is -2.29. The highest BCUT2D eigenvalue weighted by atomic mass is 32.2. The average Bonchev–Trinajstić information content (AvgIpc) is 2.89. The summed E-state index contributed by atoms with van der Waals surface area (Å²) in [5, 5.41) is 0. The predicted molar refractivity (Wildman–Crippen MR) is 86.9 cm³/mol. The van der Waals surface area contributed by atoms with Crippen molar-refractivity contribution in [2.24, 2.45) is 5.92 Å². The second-order valence-corrected chi connectivity index (χ2v) is 8.52. The topological polar surface area (TPSA) is 74.8 Å². The Balaban J connectivity index is 1.67. The van der Waals surface area contributed by atoms with Crippen molar-refractivity contribution in [1.82, 2.24) is 4.90 Å². The van der Waals surface area contributed by atoms with Crippen molar-refractivity contribution in [2.45, 2.75) is 13.3 Å². The van der Waals surface area contributed by atoms with Gasteiger partial charge in [-0.3, -0.25) is 9.59 Å². The van der Waals surface area contributed by atoms with Gasteiger partial charge in [0.05, 0.1) is 17.4 Å². The smallest absolute Gasteiger partial charge is 0.228 e. The summed E-state index contributed by atoms with van der Waals surface area (Å²) < 4.78 is 22.9. The second kappa shape index (κ2) is 5.96. The molecule has 0 aromatic heterocycles. The van der Waals surface area contributed by atoms with Crippen molar-refractivity contribution in [3.63, 3.8) is 0 Å². The Morgan fingerprint density at radius 1 is 1.13 bits per heavy atom. The first kappa shape index (κ1) is 16.0. The summed E-state index contributed by atoms with van der Waals surface area (Å²) in [5.74, 6) is -0.522. The van der Waals surface area contributed by atoms with Crippen LogP contribution in [0.15, 0.2) is 24.3 Å². The predicted octanol–water partition coefficient (Wildman–Crippen LogP) is 0.605. The van der Waals surface area contributed by atoms with Crippen molar-refractivity contribution in [3.8, 4) is 0 Å². The Morgan fingerprint density at radius 2 is 1.74 bits per heavy atom. The summed E-state index contributed by atoms with van der Waals surface area (Å²) in [6, 6.07) is 7.64. The molecule has 1 unspecified atom stereocenters. The Bertz CT molecular complexity index is 713. The largest absolute Gasteiger partial charge is 0.340 e. The van der Waals surface area contributed by atoms with Crippen LogP contribution in [0.3, 0.4) is 0 Å². The number of nitrogens with zero attached hydrogens (tertiary/aromatic N) is 2. The molecule has 1 aromatic carbocycles. The zero-order chi connectivity index (χ0) is 16.6. The summed E-state index contributed by atoms with van der Waals surface area (Å²) in [6.45, 7) is 2.81. The van der Waals surface area contributed by atoms with Crippen molar-refractivity contribution < 1.29 is 18.0 Å². The molecule has 2 aliphatic heterocycles. The van der Waals surface area contributed by atoms with Crippen LogP contribution in [-0.2, 0) is 19.4 Å². The second-order valence-electron chi connectivity index (χ2n) is 6.22. The third-order valence-corrected chi connectivity index (χ3v) is 6.09. The number of benzene rings is 1.